The summed E-state index contributed by atoms with van der Waals surface area (Å²) >= 11 is 6.10. The highest BCUT2D eigenvalue weighted by molar-refractivity contribution is 7.89. The highest BCUT2D eigenvalue weighted by atomic mass is 35.5. The predicted molar refractivity (Wildman–Crippen MR) is 88.1 cm³/mol. The number of hydrogen-bond acceptors (Lipinski definition) is 3. The summed E-state index contributed by atoms with van der Waals surface area (Å²) in [4.78, 5) is 0.186. The van der Waals surface area contributed by atoms with Crippen LogP contribution in [0, 0.1) is 5.92 Å². The van der Waals surface area contributed by atoms with Crippen LogP contribution in [0.15, 0.2) is 23.1 Å². The average molecular weight is 333 g/mol. The van der Waals surface area contributed by atoms with Crippen molar-refractivity contribution in [2.24, 2.45) is 5.92 Å². The third-order valence-electron chi connectivity index (χ3n) is 3.53. The van der Waals surface area contributed by atoms with Gasteiger partial charge in [0, 0.05) is 20.1 Å². The van der Waals surface area contributed by atoms with Gasteiger partial charge in [-0.1, -0.05) is 44.9 Å². The van der Waals surface area contributed by atoms with Gasteiger partial charge < -0.3 is 5.32 Å². The van der Waals surface area contributed by atoms with Gasteiger partial charge in [0.05, 0.1) is 5.02 Å². The molecule has 0 spiro atoms. The van der Waals surface area contributed by atoms with Crippen LogP contribution in [0.2, 0.25) is 5.02 Å². The van der Waals surface area contributed by atoms with E-state index in [4.69, 9.17) is 11.6 Å². The Morgan fingerprint density at radius 1 is 1.33 bits per heavy atom. The lowest BCUT2D eigenvalue weighted by Crippen LogP contribution is -2.31. The van der Waals surface area contributed by atoms with Gasteiger partial charge in [-0.05, 0) is 30.2 Å². The number of nitrogens with zero attached hydrogens (tertiary/aromatic N) is 1. The zero-order valence-corrected chi connectivity index (χ0v) is 14.8. The van der Waals surface area contributed by atoms with Crippen molar-refractivity contribution in [3.63, 3.8) is 0 Å². The quantitative estimate of drug-likeness (QED) is 0.795. The number of rotatable bonds is 8. The molecule has 0 saturated carbocycles. The molecule has 0 amide bonds. The van der Waals surface area contributed by atoms with Crippen LogP contribution in [0.1, 0.15) is 32.8 Å². The monoisotopic (exact) mass is 332 g/mol. The SMILES string of the molecule is CCNCc1ccc(Cl)c(S(=O)(=O)N(C)CC(C)CC)c1. The highest BCUT2D eigenvalue weighted by Gasteiger charge is 2.24. The molecule has 0 bridgehead atoms. The van der Waals surface area contributed by atoms with Crippen molar-refractivity contribution in [1.82, 2.24) is 9.62 Å². The molecule has 1 aromatic carbocycles. The number of sulfonamides is 1. The molecule has 0 heterocycles. The van der Waals surface area contributed by atoms with Crippen LogP contribution in [0.3, 0.4) is 0 Å². The molecule has 120 valence electrons. The summed E-state index contributed by atoms with van der Waals surface area (Å²) in [6.07, 6.45) is 0.939. The minimum Gasteiger partial charge on any atom is -0.313 e. The van der Waals surface area contributed by atoms with Gasteiger partial charge in [0.2, 0.25) is 10.0 Å². The molecule has 0 radical (unpaired) electrons. The van der Waals surface area contributed by atoms with Gasteiger partial charge in [-0.2, -0.15) is 0 Å². The summed E-state index contributed by atoms with van der Waals surface area (Å²) in [5.74, 6) is 0.313. The summed E-state index contributed by atoms with van der Waals surface area (Å²) in [5.41, 5.74) is 0.914. The van der Waals surface area contributed by atoms with Crippen molar-refractivity contribution >= 4 is 21.6 Å². The Bertz CT molecular complexity index is 561. The summed E-state index contributed by atoms with van der Waals surface area (Å²) in [5, 5.41) is 3.45. The number of halogens is 1. The van der Waals surface area contributed by atoms with Crippen LogP contribution in [-0.2, 0) is 16.6 Å². The zero-order chi connectivity index (χ0) is 16.0. The molecular formula is C15H25ClN2O2S. The molecule has 1 rings (SSSR count). The van der Waals surface area contributed by atoms with Gasteiger partial charge in [0.15, 0.2) is 0 Å². The van der Waals surface area contributed by atoms with Crippen molar-refractivity contribution in [2.45, 2.75) is 38.6 Å². The Labute approximate surface area is 133 Å². The lowest BCUT2D eigenvalue weighted by Gasteiger charge is -2.21. The smallest absolute Gasteiger partial charge is 0.244 e. The minimum atomic E-state index is -3.55. The largest absolute Gasteiger partial charge is 0.313 e. The molecule has 6 heteroatoms. The number of hydrogen-bond donors (Lipinski definition) is 1. The van der Waals surface area contributed by atoms with E-state index in [2.05, 4.69) is 12.2 Å². The van der Waals surface area contributed by atoms with Crippen LogP contribution in [0.4, 0.5) is 0 Å². The highest BCUT2D eigenvalue weighted by Crippen LogP contribution is 2.26. The van der Waals surface area contributed by atoms with E-state index in [0.717, 1.165) is 18.5 Å². The van der Waals surface area contributed by atoms with Crippen LogP contribution in [-0.4, -0.2) is 32.9 Å². The van der Waals surface area contributed by atoms with Gasteiger partial charge in [-0.25, -0.2) is 12.7 Å². The Morgan fingerprint density at radius 3 is 2.57 bits per heavy atom. The second-order valence-corrected chi connectivity index (χ2v) is 7.76. The first-order valence-electron chi connectivity index (χ1n) is 7.28. The third-order valence-corrected chi connectivity index (χ3v) is 5.83. The molecule has 0 aliphatic heterocycles. The van der Waals surface area contributed by atoms with Crippen LogP contribution < -0.4 is 5.32 Å². The van der Waals surface area contributed by atoms with E-state index >= 15 is 0 Å². The minimum absolute atomic E-state index is 0.186. The van der Waals surface area contributed by atoms with Crippen LogP contribution in [0.25, 0.3) is 0 Å². The standard InChI is InChI=1S/C15H25ClN2O2S/c1-5-12(3)11-18(4)21(19,20)15-9-13(10-17-6-2)7-8-14(15)16/h7-9,12,17H,5-6,10-11H2,1-4H3. The fourth-order valence-corrected chi connectivity index (χ4v) is 3.77. The molecular weight excluding hydrogens is 308 g/mol. The second kappa shape index (κ2) is 8.13. The fourth-order valence-electron chi connectivity index (χ4n) is 1.96. The van der Waals surface area contributed by atoms with Crippen molar-refractivity contribution in [3.8, 4) is 0 Å². The first-order valence-corrected chi connectivity index (χ1v) is 9.10. The topological polar surface area (TPSA) is 49.4 Å². The normalized spacial score (nSPS) is 13.6. The zero-order valence-electron chi connectivity index (χ0n) is 13.2. The molecule has 0 aromatic heterocycles. The van der Waals surface area contributed by atoms with E-state index in [-0.39, 0.29) is 9.92 Å². The van der Waals surface area contributed by atoms with E-state index in [1.807, 2.05) is 19.9 Å². The van der Waals surface area contributed by atoms with E-state index in [1.165, 1.54) is 4.31 Å². The molecule has 0 saturated heterocycles. The van der Waals surface area contributed by atoms with Crippen molar-refractivity contribution in [3.05, 3.63) is 28.8 Å². The molecule has 21 heavy (non-hydrogen) atoms. The maximum absolute atomic E-state index is 12.7. The van der Waals surface area contributed by atoms with Crippen LogP contribution in [0.5, 0.6) is 0 Å². The first-order chi connectivity index (χ1) is 9.82. The van der Waals surface area contributed by atoms with E-state index in [9.17, 15) is 8.42 Å². The maximum Gasteiger partial charge on any atom is 0.244 e. The van der Waals surface area contributed by atoms with Crippen molar-refractivity contribution in [2.75, 3.05) is 20.1 Å². The Hall–Kier alpha value is -0.620. The molecule has 0 aliphatic rings. The van der Waals surface area contributed by atoms with Gasteiger partial charge in [-0.15, -0.1) is 0 Å². The van der Waals surface area contributed by atoms with Gasteiger partial charge >= 0.3 is 0 Å². The van der Waals surface area contributed by atoms with Gasteiger partial charge in [0.25, 0.3) is 0 Å². The van der Waals surface area contributed by atoms with Crippen molar-refractivity contribution < 1.29 is 8.42 Å². The van der Waals surface area contributed by atoms with E-state index in [0.29, 0.717) is 19.0 Å². The van der Waals surface area contributed by atoms with Crippen LogP contribution >= 0.6 is 11.6 Å². The number of nitrogens with one attached hydrogen (secondary N) is 1. The van der Waals surface area contributed by atoms with E-state index in [1.54, 1.807) is 19.2 Å². The van der Waals surface area contributed by atoms with Gasteiger partial charge in [0.1, 0.15) is 4.90 Å². The first kappa shape index (κ1) is 18.4. The third kappa shape index (κ3) is 4.95. The summed E-state index contributed by atoms with van der Waals surface area (Å²) in [7, 11) is -1.94. The molecule has 1 aromatic rings. The molecule has 4 nitrogen and oxygen atoms in total. The lowest BCUT2D eigenvalue weighted by molar-refractivity contribution is 0.393. The number of benzene rings is 1. The predicted octanol–water partition coefficient (Wildman–Crippen LogP) is 3.12. The average Bonchev–Trinajstić information content (AvgIpc) is 2.45. The fraction of sp³-hybridized carbons (Fsp3) is 0.600. The molecule has 0 aliphatic carbocycles. The Morgan fingerprint density at radius 2 is 2.00 bits per heavy atom. The maximum atomic E-state index is 12.7. The molecule has 1 unspecified atom stereocenters. The summed E-state index contributed by atoms with van der Waals surface area (Å²) in [6.45, 7) is 8.05. The summed E-state index contributed by atoms with van der Waals surface area (Å²) < 4.78 is 26.7. The Balaban J connectivity index is 3.06. The molecule has 1 atom stereocenters. The molecule has 1 N–H and O–H groups in total. The lowest BCUT2D eigenvalue weighted by atomic mass is 10.1. The van der Waals surface area contributed by atoms with Gasteiger partial charge in [-0.3, -0.25) is 0 Å². The Kier molecular flexibility index (Phi) is 7.13. The second-order valence-electron chi connectivity index (χ2n) is 5.34. The molecule has 0 fully saturated rings. The van der Waals surface area contributed by atoms with Crippen molar-refractivity contribution in [1.29, 1.82) is 0 Å². The van der Waals surface area contributed by atoms with E-state index < -0.39 is 10.0 Å². The summed E-state index contributed by atoms with van der Waals surface area (Å²) in [6, 6.07) is 5.16.